The molecule has 122 valence electrons. The summed E-state index contributed by atoms with van der Waals surface area (Å²) in [7, 11) is 0. The van der Waals surface area contributed by atoms with Crippen molar-refractivity contribution in [1.29, 1.82) is 0 Å². The van der Waals surface area contributed by atoms with Crippen molar-refractivity contribution in [2.24, 2.45) is 11.8 Å². The van der Waals surface area contributed by atoms with Gasteiger partial charge in [0.2, 0.25) is 5.91 Å². The molecular weight excluding hydrogens is 284 g/mol. The highest BCUT2D eigenvalue weighted by atomic mass is 35.5. The van der Waals surface area contributed by atoms with Gasteiger partial charge >= 0.3 is 0 Å². The molecule has 3 fully saturated rings. The number of piperidine rings is 1. The van der Waals surface area contributed by atoms with Crippen molar-refractivity contribution in [3.63, 3.8) is 0 Å². The molecular formula is C17H31ClN2O. The highest BCUT2D eigenvalue weighted by molar-refractivity contribution is 5.85. The van der Waals surface area contributed by atoms with Crippen molar-refractivity contribution >= 4 is 18.3 Å². The van der Waals surface area contributed by atoms with E-state index >= 15 is 0 Å². The Morgan fingerprint density at radius 1 is 1.00 bits per heavy atom. The Balaban J connectivity index is 0.00000161. The molecule has 3 rings (SSSR count). The SMILES string of the molecule is CCC1CCC(NC(=O)CC2CC3CCC(C2)N3)CC1.Cl. The first-order chi connectivity index (χ1) is 9.72. The molecule has 21 heavy (non-hydrogen) atoms. The smallest absolute Gasteiger partial charge is 0.220 e. The first-order valence-corrected chi connectivity index (χ1v) is 8.78. The number of rotatable bonds is 4. The number of amides is 1. The van der Waals surface area contributed by atoms with Gasteiger partial charge in [0.15, 0.2) is 0 Å². The highest BCUT2D eigenvalue weighted by Crippen LogP contribution is 2.33. The zero-order chi connectivity index (χ0) is 13.9. The lowest BCUT2D eigenvalue weighted by Crippen LogP contribution is -2.42. The minimum Gasteiger partial charge on any atom is -0.353 e. The summed E-state index contributed by atoms with van der Waals surface area (Å²) in [6, 6.07) is 1.86. The van der Waals surface area contributed by atoms with Gasteiger partial charge in [-0.05, 0) is 63.2 Å². The minimum absolute atomic E-state index is 0. The number of carbonyl (C=O) groups is 1. The molecule has 1 amide bonds. The third kappa shape index (κ3) is 4.59. The van der Waals surface area contributed by atoms with Crippen molar-refractivity contribution < 1.29 is 4.79 Å². The van der Waals surface area contributed by atoms with Crippen LogP contribution in [0.4, 0.5) is 0 Å². The number of carbonyl (C=O) groups excluding carboxylic acids is 1. The summed E-state index contributed by atoms with van der Waals surface area (Å²) in [5, 5.41) is 6.96. The van der Waals surface area contributed by atoms with E-state index in [4.69, 9.17) is 0 Å². The van der Waals surface area contributed by atoms with Gasteiger partial charge in [-0.2, -0.15) is 0 Å². The van der Waals surface area contributed by atoms with E-state index in [1.54, 1.807) is 0 Å². The third-order valence-electron chi connectivity index (χ3n) is 5.83. The molecule has 1 saturated carbocycles. The predicted octanol–water partition coefficient (Wildman–Crippen LogP) is 3.41. The first-order valence-electron chi connectivity index (χ1n) is 8.78. The Bertz CT molecular complexity index is 330. The van der Waals surface area contributed by atoms with Crippen LogP contribution in [0.15, 0.2) is 0 Å². The zero-order valence-corrected chi connectivity index (χ0v) is 14.1. The summed E-state index contributed by atoms with van der Waals surface area (Å²) in [5.41, 5.74) is 0. The van der Waals surface area contributed by atoms with Crippen molar-refractivity contribution in [3.05, 3.63) is 0 Å². The molecule has 3 aliphatic rings. The molecule has 2 N–H and O–H groups in total. The molecule has 2 saturated heterocycles. The Kier molecular flexibility index (Phi) is 6.36. The zero-order valence-electron chi connectivity index (χ0n) is 13.3. The van der Waals surface area contributed by atoms with Crippen molar-refractivity contribution in [2.45, 2.75) is 89.3 Å². The van der Waals surface area contributed by atoms with Crippen molar-refractivity contribution in [1.82, 2.24) is 10.6 Å². The average molecular weight is 315 g/mol. The summed E-state index contributed by atoms with van der Waals surface area (Å²) >= 11 is 0. The Hall–Kier alpha value is -0.280. The molecule has 2 unspecified atom stereocenters. The molecule has 2 heterocycles. The maximum atomic E-state index is 12.2. The van der Waals surface area contributed by atoms with Crippen molar-refractivity contribution in [2.75, 3.05) is 0 Å². The second-order valence-corrected chi connectivity index (χ2v) is 7.37. The number of hydrogen-bond donors (Lipinski definition) is 2. The molecule has 3 nitrogen and oxygen atoms in total. The summed E-state index contributed by atoms with van der Waals surface area (Å²) in [4.78, 5) is 12.2. The average Bonchev–Trinajstić information content (AvgIpc) is 2.78. The van der Waals surface area contributed by atoms with Crippen LogP contribution in [0, 0.1) is 11.8 Å². The topological polar surface area (TPSA) is 41.1 Å². The molecule has 4 heteroatoms. The van der Waals surface area contributed by atoms with E-state index < -0.39 is 0 Å². The van der Waals surface area contributed by atoms with Gasteiger partial charge in [-0.25, -0.2) is 0 Å². The van der Waals surface area contributed by atoms with Crippen LogP contribution in [0.3, 0.4) is 0 Å². The molecule has 0 spiro atoms. The molecule has 2 atom stereocenters. The Morgan fingerprint density at radius 3 is 2.19 bits per heavy atom. The molecule has 2 aliphatic heterocycles. The molecule has 0 radical (unpaired) electrons. The van der Waals surface area contributed by atoms with Gasteiger partial charge in [0, 0.05) is 24.5 Å². The summed E-state index contributed by atoms with van der Waals surface area (Å²) in [6.07, 6.45) is 12.1. The number of nitrogens with one attached hydrogen (secondary N) is 2. The monoisotopic (exact) mass is 314 g/mol. The van der Waals surface area contributed by atoms with E-state index in [1.807, 2.05) is 0 Å². The molecule has 0 aromatic heterocycles. The molecule has 2 bridgehead atoms. The van der Waals surface area contributed by atoms with Crippen LogP contribution in [0.1, 0.15) is 71.1 Å². The summed E-state index contributed by atoms with van der Waals surface area (Å²) in [6.45, 7) is 2.29. The summed E-state index contributed by atoms with van der Waals surface area (Å²) in [5.74, 6) is 1.85. The fourth-order valence-corrected chi connectivity index (χ4v) is 4.61. The van der Waals surface area contributed by atoms with Crippen LogP contribution in [-0.2, 0) is 4.79 Å². The van der Waals surface area contributed by atoms with E-state index in [1.165, 1.54) is 57.8 Å². The lowest BCUT2D eigenvalue weighted by Gasteiger charge is -2.31. The lowest BCUT2D eigenvalue weighted by molar-refractivity contribution is -0.123. The highest BCUT2D eigenvalue weighted by Gasteiger charge is 2.34. The summed E-state index contributed by atoms with van der Waals surface area (Å²) < 4.78 is 0. The van der Waals surface area contributed by atoms with E-state index in [9.17, 15) is 4.79 Å². The number of fused-ring (bicyclic) bond motifs is 2. The quantitative estimate of drug-likeness (QED) is 0.835. The molecule has 0 aromatic rings. The second-order valence-electron chi connectivity index (χ2n) is 7.37. The van der Waals surface area contributed by atoms with E-state index in [0.29, 0.717) is 30.0 Å². The predicted molar refractivity (Wildman–Crippen MR) is 88.7 cm³/mol. The van der Waals surface area contributed by atoms with Gasteiger partial charge in [0.05, 0.1) is 0 Å². The van der Waals surface area contributed by atoms with Crippen LogP contribution in [0.5, 0.6) is 0 Å². The Morgan fingerprint density at radius 2 is 1.62 bits per heavy atom. The fraction of sp³-hybridized carbons (Fsp3) is 0.941. The van der Waals surface area contributed by atoms with Gasteiger partial charge in [-0.1, -0.05) is 13.3 Å². The van der Waals surface area contributed by atoms with E-state index in [2.05, 4.69) is 17.6 Å². The first kappa shape index (κ1) is 17.1. The normalized spacial score (nSPS) is 38.6. The third-order valence-corrected chi connectivity index (χ3v) is 5.83. The second kappa shape index (κ2) is 7.82. The number of hydrogen-bond acceptors (Lipinski definition) is 2. The van der Waals surface area contributed by atoms with Crippen LogP contribution in [0.2, 0.25) is 0 Å². The van der Waals surface area contributed by atoms with E-state index in [0.717, 1.165) is 12.3 Å². The van der Waals surface area contributed by atoms with Crippen LogP contribution >= 0.6 is 12.4 Å². The minimum atomic E-state index is 0. The van der Waals surface area contributed by atoms with Gasteiger partial charge in [-0.15, -0.1) is 12.4 Å². The molecule has 0 aromatic carbocycles. The fourth-order valence-electron chi connectivity index (χ4n) is 4.61. The van der Waals surface area contributed by atoms with E-state index in [-0.39, 0.29) is 12.4 Å². The van der Waals surface area contributed by atoms with Crippen LogP contribution < -0.4 is 10.6 Å². The van der Waals surface area contributed by atoms with Gasteiger partial charge in [0.25, 0.3) is 0 Å². The largest absolute Gasteiger partial charge is 0.353 e. The standard InChI is InChI=1S/C17H30N2O.ClH/c1-2-12-3-5-14(6-4-12)19-17(20)11-13-9-15-7-8-16(10-13)18-15;/h12-16,18H,2-11H2,1H3,(H,19,20);1H. The van der Waals surface area contributed by atoms with Crippen LogP contribution in [0.25, 0.3) is 0 Å². The maximum Gasteiger partial charge on any atom is 0.220 e. The Labute approximate surface area is 135 Å². The maximum absolute atomic E-state index is 12.2. The van der Waals surface area contributed by atoms with Gasteiger partial charge < -0.3 is 10.6 Å². The van der Waals surface area contributed by atoms with Crippen molar-refractivity contribution in [3.8, 4) is 0 Å². The van der Waals surface area contributed by atoms with Gasteiger partial charge in [0.1, 0.15) is 0 Å². The lowest BCUT2D eigenvalue weighted by atomic mass is 9.84. The number of halogens is 1. The van der Waals surface area contributed by atoms with Gasteiger partial charge in [-0.3, -0.25) is 4.79 Å². The van der Waals surface area contributed by atoms with Crippen LogP contribution in [-0.4, -0.2) is 24.0 Å². The molecule has 1 aliphatic carbocycles.